The summed E-state index contributed by atoms with van der Waals surface area (Å²) in [6.07, 6.45) is 5.03. The number of esters is 1. The number of hydrogen-bond acceptors (Lipinski definition) is 5. The van der Waals surface area contributed by atoms with Gasteiger partial charge in [0.2, 0.25) is 0 Å². The zero-order chi connectivity index (χ0) is 14.4. The third-order valence-corrected chi connectivity index (χ3v) is 2.95. The first-order chi connectivity index (χ1) is 9.70. The SMILES string of the molecule is CCOC(=O)CC(c1ccc(O)cc1)c1cncnc1. The molecule has 20 heavy (non-hydrogen) atoms. The van der Waals surface area contributed by atoms with Crippen molar-refractivity contribution in [1.82, 2.24) is 9.97 Å². The van der Waals surface area contributed by atoms with E-state index in [2.05, 4.69) is 9.97 Å². The van der Waals surface area contributed by atoms with Gasteiger partial charge in [-0.25, -0.2) is 9.97 Å². The highest BCUT2D eigenvalue weighted by molar-refractivity contribution is 5.71. The molecule has 1 N–H and O–H groups in total. The fourth-order valence-corrected chi connectivity index (χ4v) is 2.01. The van der Waals surface area contributed by atoms with Crippen LogP contribution in [-0.4, -0.2) is 27.7 Å². The van der Waals surface area contributed by atoms with Crippen LogP contribution in [0.1, 0.15) is 30.4 Å². The molecular weight excluding hydrogens is 256 g/mol. The molecule has 104 valence electrons. The van der Waals surface area contributed by atoms with Crippen LogP contribution in [0.2, 0.25) is 0 Å². The van der Waals surface area contributed by atoms with Crippen molar-refractivity contribution in [2.75, 3.05) is 6.61 Å². The Balaban J connectivity index is 2.29. The molecule has 1 aromatic carbocycles. The third kappa shape index (κ3) is 3.54. The standard InChI is InChI=1S/C15H16N2O3/c1-2-20-15(19)7-14(12-8-16-10-17-9-12)11-3-5-13(18)6-4-11/h3-6,8-10,14,18H,2,7H2,1H3. The van der Waals surface area contributed by atoms with Crippen molar-refractivity contribution in [3.8, 4) is 5.75 Å². The number of aromatic hydroxyl groups is 1. The molecule has 5 heteroatoms. The fraction of sp³-hybridized carbons (Fsp3) is 0.267. The number of phenolic OH excluding ortho intramolecular Hbond substituents is 1. The highest BCUT2D eigenvalue weighted by Gasteiger charge is 2.19. The number of rotatable bonds is 5. The largest absolute Gasteiger partial charge is 0.508 e. The van der Waals surface area contributed by atoms with Gasteiger partial charge in [0.25, 0.3) is 0 Å². The van der Waals surface area contributed by atoms with Gasteiger partial charge in [-0.2, -0.15) is 0 Å². The number of nitrogens with zero attached hydrogens (tertiary/aromatic N) is 2. The number of benzene rings is 1. The molecule has 1 atom stereocenters. The maximum Gasteiger partial charge on any atom is 0.306 e. The summed E-state index contributed by atoms with van der Waals surface area (Å²) in [5.41, 5.74) is 1.75. The average molecular weight is 272 g/mol. The van der Waals surface area contributed by atoms with Crippen molar-refractivity contribution in [1.29, 1.82) is 0 Å². The van der Waals surface area contributed by atoms with E-state index < -0.39 is 0 Å². The molecule has 0 saturated heterocycles. The van der Waals surface area contributed by atoms with Crippen LogP contribution in [0.3, 0.4) is 0 Å². The molecule has 1 unspecified atom stereocenters. The molecule has 0 bridgehead atoms. The molecule has 1 heterocycles. The average Bonchev–Trinajstić information content (AvgIpc) is 2.47. The molecule has 0 spiro atoms. The minimum absolute atomic E-state index is 0.184. The predicted molar refractivity (Wildman–Crippen MR) is 73.2 cm³/mol. The molecule has 1 aromatic heterocycles. The van der Waals surface area contributed by atoms with Crippen LogP contribution >= 0.6 is 0 Å². The lowest BCUT2D eigenvalue weighted by Gasteiger charge is -2.16. The van der Waals surface area contributed by atoms with E-state index >= 15 is 0 Å². The summed E-state index contributed by atoms with van der Waals surface area (Å²) in [6.45, 7) is 2.13. The van der Waals surface area contributed by atoms with Crippen molar-refractivity contribution < 1.29 is 14.6 Å². The van der Waals surface area contributed by atoms with Crippen LogP contribution in [0.4, 0.5) is 0 Å². The van der Waals surface area contributed by atoms with Crippen molar-refractivity contribution in [3.63, 3.8) is 0 Å². The first-order valence-corrected chi connectivity index (χ1v) is 6.40. The smallest absolute Gasteiger partial charge is 0.306 e. The number of phenols is 1. The van der Waals surface area contributed by atoms with Crippen LogP contribution in [-0.2, 0) is 9.53 Å². The first kappa shape index (κ1) is 14.0. The summed E-state index contributed by atoms with van der Waals surface area (Å²) >= 11 is 0. The van der Waals surface area contributed by atoms with Crippen molar-refractivity contribution in [2.45, 2.75) is 19.3 Å². The molecule has 0 amide bonds. The molecular formula is C15H16N2O3. The second-order valence-electron chi connectivity index (χ2n) is 4.33. The maximum atomic E-state index is 11.8. The Morgan fingerprint density at radius 2 is 1.85 bits per heavy atom. The van der Waals surface area contributed by atoms with Gasteiger partial charge >= 0.3 is 5.97 Å². The zero-order valence-electron chi connectivity index (χ0n) is 11.2. The number of aromatic nitrogens is 2. The predicted octanol–water partition coefficient (Wildman–Crippen LogP) is 2.27. The molecule has 2 aromatic rings. The quantitative estimate of drug-likeness (QED) is 0.845. The Bertz CT molecular complexity index is 555. The highest BCUT2D eigenvalue weighted by atomic mass is 16.5. The Morgan fingerprint density at radius 1 is 1.20 bits per heavy atom. The lowest BCUT2D eigenvalue weighted by atomic mass is 9.90. The molecule has 0 saturated carbocycles. The van der Waals surface area contributed by atoms with Gasteiger partial charge in [0.1, 0.15) is 12.1 Å². The van der Waals surface area contributed by atoms with E-state index in [0.717, 1.165) is 11.1 Å². The van der Waals surface area contributed by atoms with Gasteiger partial charge < -0.3 is 9.84 Å². The second-order valence-corrected chi connectivity index (χ2v) is 4.33. The molecule has 2 rings (SSSR count). The Kier molecular flexibility index (Phi) is 4.65. The Labute approximate surface area is 117 Å². The monoisotopic (exact) mass is 272 g/mol. The zero-order valence-corrected chi connectivity index (χ0v) is 11.2. The van der Waals surface area contributed by atoms with E-state index in [9.17, 15) is 9.90 Å². The number of carbonyl (C=O) groups excluding carboxylic acids is 1. The van der Waals surface area contributed by atoms with E-state index in [1.54, 1.807) is 43.6 Å². The van der Waals surface area contributed by atoms with Crippen molar-refractivity contribution in [2.24, 2.45) is 0 Å². The van der Waals surface area contributed by atoms with Gasteiger partial charge in [0, 0.05) is 18.3 Å². The minimum Gasteiger partial charge on any atom is -0.508 e. The molecule has 5 nitrogen and oxygen atoms in total. The molecule has 0 aliphatic carbocycles. The number of hydrogen-bond donors (Lipinski definition) is 1. The summed E-state index contributed by atoms with van der Waals surface area (Å²) in [6, 6.07) is 6.76. The van der Waals surface area contributed by atoms with E-state index in [-0.39, 0.29) is 24.1 Å². The van der Waals surface area contributed by atoms with Crippen LogP contribution < -0.4 is 0 Å². The van der Waals surface area contributed by atoms with Gasteiger partial charge in [-0.1, -0.05) is 12.1 Å². The van der Waals surface area contributed by atoms with Crippen molar-refractivity contribution in [3.05, 3.63) is 54.1 Å². The van der Waals surface area contributed by atoms with Crippen LogP contribution in [0.25, 0.3) is 0 Å². The summed E-state index contributed by atoms with van der Waals surface area (Å²) in [5, 5.41) is 9.36. The summed E-state index contributed by atoms with van der Waals surface area (Å²) in [4.78, 5) is 19.7. The van der Waals surface area contributed by atoms with Crippen molar-refractivity contribution >= 4 is 5.97 Å². The summed E-state index contributed by atoms with van der Waals surface area (Å²) in [5.74, 6) is -0.266. The van der Waals surface area contributed by atoms with Gasteiger partial charge in [0.05, 0.1) is 13.0 Å². The van der Waals surface area contributed by atoms with E-state index in [1.807, 2.05) is 0 Å². The first-order valence-electron chi connectivity index (χ1n) is 6.40. The van der Waals surface area contributed by atoms with Gasteiger partial charge in [-0.15, -0.1) is 0 Å². The Morgan fingerprint density at radius 3 is 2.45 bits per heavy atom. The summed E-state index contributed by atoms with van der Waals surface area (Å²) < 4.78 is 5.01. The number of ether oxygens (including phenoxy) is 1. The maximum absolute atomic E-state index is 11.8. The lowest BCUT2D eigenvalue weighted by molar-refractivity contribution is -0.143. The van der Waals surface area contributed by atoms with Gasteiger partial charge in [-0.05, 0) is 30.2 Å². The molecule has 0 radical (unpaired) electrons. The molecule has 0 fully saturated rings. The van der Waals surface area contributed by atoms with Crippen LogP contribution in [0.15, 0.2) is 43.0 Å². The van der Waals surface area contributed by atoms with E-state index in [0.29, 0.717) is 6.61 Å². The van der Waals surface area contributed by atoms with Gasteiger partial charge in [-0.3, -0.25) is 4.79 Å². The number of carbonyl (C=O) groups is 1. The fourth-order valence-electron chi connectivity index (χ4n) is 2.01. The second kappa shape index (κ2) is 6.65. The third-order valence-electron chi connectivity index (χ3n) is 2.95. The molecule has 0 aliphatic heterocycles. The minimum atomic E-state index is -0.269. The Hall–Kier alpha value is -2.43. The van der Waals surface area contributed by atoms with Crippen LogP contribution in [0, 0.1) is 0 Å². The van der Waals surface area contributed by atoms with E-state index in [4.69, 9.17) is 4.74 Å². The van der Waals surface area contributed by atoms with Crippen LogP contribution in [0.5, 0.6) is 5.75 Å². The van der Waals surface area contributed by atoms with E-state index in [1.165, 1.54) is 6.33 Å². The normalized spacial score (nSPS) is 11.8. The topological polar surface area (TPSA) is 72.3 Å². The highest BCUT2D eigenvalue weighted by Crippen LogP contribution is 2.28. The lowest BCUT2D eigenvalue weighted by Crippen LogP contribution is -2.12. The summed E-state index contributed by atoms with van der Waals surface area (Å²) in [7, 11) is 0. The van der Waals surface area contributed by atoms with Gasteiger partial charge in [0.15, 0.2) is 0 Å². The molecule has 0 aliphatic rings.